The average molecular weight is 527 g/mol. The van der Waals surface area contributed by atoms with Gasteiger partial charge in [0, 0.05) is 63.4 Å². The maximum atomic E-state index is 13.6. The number of nitrogens with one attached hydrogen (secondary N) is 2. The summed E-state index contributed by atoms with van der Waals surface area (Å²) in [4.78, 5) is 50.0. The largest absolute Gasteiger partial charge is 0.381 e. The zero-order valence-electron chi connectivity index (χ0n) is 21.1. The van der Waals surface area contributed by atoms with Gasteiger partial charge >= 0.3 is 6.03 Å². The number of urea groups is 1. The number of alkyl halides is 2. The third-order valence-electron chi connectivity index (χ3n) is 6.65. The number of aromatic nitrogens is 2. The smallest absolute Gasteiger partial charge is 0.328 e. The molecule has 1 atom stereocenters. The lowest BCUT2D eigenvalue weighted by Gasteiger charge is -2.32. The highest BCUT2D eigenvalue weighted by Crippen LogP contribution is 2.36. The Bertz CT molecular complexity index is 1280. The van der Waals surface area contributed by atoms with Gasteiger partial charge in [-0.05, 0) is 19.5 Å². The van der Waals surface area contributed by atoms with Crippen LogP contribution in [0.25, 0.3) is 0 Å². The molecule has 1 aliphatic carbocycles. The number of halogens is 2. The highest BCUT2D eigenvalue weighted by Gasteiger charge is 2.39. The minimum atomic E-state index is -2.75. The monoisotopic (exact) mass is 526 g/mol. The number of anilines is 3. The molecule has 3 heterocycles. The van der Waals surface area contributed by atoms with E-state index in [2.05, 4.69) is 20.6 Å². The van der Waals surface area contributed by atoms with E-state index < -0.39 is 18.0 Å². The van der Waals surface area contributed by atoms with Crippen molar-refractivity contribution in [2.45, 2.75) is 37.8 Å². The molecule has 1 saturated heterocycles. The van der Waals surface area contributed by atoms with E-state index in [1.54, 1.807) is 17.0 Å². The number of carbonyl (C=O) groups excluding carboxylic acids is 3. The van der Waals surface area contributed by atoms with Crippen LogP contribution in [0.1, 0.15) is 40.9 Å². The van der Waals surface area contributed by atoms with Crippen molar-refractivity contribution in [2.75, 3.05) is 49.3 Å². The molecular formula is C25H28F2N8O3. The lowest BCUT2D eigenvalue weighted by Crippen LogP contribution is -2.48. The zero-order valence-corrected chi connectivity index (χ0v) is 21.1. The number of hydrogen-bond donors (Lipinski definition) is 2. The highest BCUT2D eigenvalue weighted by molar-refractivity contribution is 6.00. The van der Waals surface area contributed by atoms with Gasteiger partial charge in [0.1, 0.15) is 23.4 Å². The number of piperazine rings is 1. The molecule has 11 nitrogen and oxygen atoms in total. The number of rotatable bonds is 7. The maximum absolute atomic E-state index is 13.6. The van der Waals surface area contributed by atoms with Crippen LogP contribution in [-0.2, 0) is 11.3 Å². The second kappa shape index (κ2) is 11.1. The lowest BCUT2D eigenvalue weighted by molar-refractivity contribution is -0.136. The van der Waals surface area contributed by atoms with E-state index in [1.807, 2.05) is 18.0 Å². The number of pyridine rings is 2. The van der Waals surface area contributed by atoms with E-state index in [4.69, 9.17) is 0 Å². The molecule has 0 spiro atoms. The van der Waals surface area contributed by atoms with Gasteiger partial charge in [-0.15, -0.1) is 0 Å². The van der Waals surface area contributed by atoms with Gasteiger partial charge in [0.25, 0.3) is 0 Å². The number of nitriles is 1. The Hall–Kier alpha value is -4.18. The Balaban J connectivity index is 1.44. The van der Waals surface area contributed by atoms with Gasteiger partial charge in [0.15, 0.2) is 6.29 Å². The minimum absolute atomic E-state index is 0.0402. The Labute approximate surface area is 218 Å². The van der Waals surface area contributed by atoms with E-state index >= 15 is 0 Å². The Morgan fingerprint density at radius 3 is 2.82 bits per heavy atom. The number of hydrogen-bond acceptors (Lipinski definition) is 8. The summed E-state index contributed by atoms with van der Waals surface area (Å²) >= 11 is 0. The van der Waals surface area contributed by atoms with Crippen LogP contribution in [0.5, 0.6) is 0 Å². The predicted molar refractivity (Wildman–Crippen MR) is 135 cm³/mol. The summed E-state index contributed by atoms with van der Waals surface area (Å²) in [6.45, 7) is 1.81. The van der Waals surface area contributed by atoms with Crippen LogP contribution in [-0.4, -0.2) is 83.7 Å². The first kappa shape index (κ1) is 26.9. The van der Waals surface area contributed by atoms with Gasteiger partial charge in [-0.1, -0.05) is 6.07 Å². The minimum Gasteiger partial charge on any atom is -0.381 e. The average Bonchev–Trinajstić information content (AvgIpc) is 3.23. The lowest BCUT2D eigenvalue weighted by atomic mass is 10.1. The van der Waals surface area contributed by atoms with Gasteiger partial charge in [-0.3, -0.25) is 24.7 Å². The van der Waals surface area contributed by atoms with E-state index in [0.29, 0.717) is 30.6 Å². The van der Waals surface area contributed by atoms with E-state index in [9.17, 15) is 28.4 Å². The molecule has 0 aromatic carbocycles. The van der Waals surface area contributed by atoms with Crippen molar-refractivity contribution in [3.8, 4) is 6.07 Å². The van der Waals surface area contributed by atoms with Crippen LogP contribution >= 0.6 is 0 Å². The van der Waals surface area contributed by atoms with E-state index in [0.717, 1.165) is 6.54 Å². The summed E-state index contributed by atoms with van der Waals surface area (Å²) < 4.78 is 27.2. The van der Waals surface area contributed by atoms with Crippen molar-refractivity contribution >= 4 is 35.5 Å². The van der Waals surface area contributed by atoms with Crippen molar-refractivity contribution in [3.63, 3.8) is 0 Å². The summed E-state index contributed by atoms with van der Waals surface area (Å²) in [5.74, 6) is -2.49. The zero-order chi connectivity index (χ0) is 27.4. The number of nitrogens with zero attached hydrogens (tertiary/aromatic N) is 6. The summed E-state index contributed by atoms with van der Waals surface area (Å²) in [7, 11) is 3.32. The summed E-state index contributed by atoms with van der Waals surface area (Å²) in [5, 5.41) is 14.9. The fourth-order valence-corrected chi connectivity index (χ4v) is 4.44. The maximum Gasteiger partial charge on any atom is 0.328 e. The summed E-state index contributed by atoms with van der Waals surface area (Å²) in [6.07, 6.45) is 1.52. The Morgan fingerprint density at radius 1 is 1.37 bits per heavy atom. The molecule has 1 saturated carbocycles. The van der Waals surface area contributed by atoms with Gasteiger partial charge in [-0.25, -0.2) is 23.5 Å². The molecule has 0 radical (unpaired) electrons. The third-order valence-corrected chi connectivity index (χ3v) is 6.65. The fraction of sp³-hybridized carbons (Fsp3) is 0.440. The molecule has 2 aliphatic rings. The molecule has 38 heavy (non-hydrogen) atoms. The predicted octanol–water partition coefficient (Wildman–Crippen LogP) is 2.70. The first-order valence-corrected chi connectivity index (χ1v) is 12.1. The van der Waals surface area contributed by atoms with Gasteiger partial charge in [-0.2, -0.15) is 5.26 Å². The summed E-state index contributed by atoms with van der Waals surface area (Å²) in [6, 6.07) is 5.49. The molecule has 3 amide bonds. The van der Waals surface area contributed by atoms with E-state index in [1.165, 1.54) is 24.2 Å². The van der Waals surface area contributed by atoms with Crippen molar-refractivity contribution in [3.05, 3.63) is 41.2 Å². The number of amides is 3. The van der Waals surface area contributed by atoms with Crippen LogP contribution in [0.2, 0.25) is 0 Å². The van der Waals surface area contributed by atoms with Gasteiger partial charge in [0.2, 0.25) is 11.8 Å². The molecule has 4 rings (SSSR count). The fourth-order valence-electron chi connectivity index (χ4n) is 4.44. The molecule has 200 valence electrons. The van der Waals surface area contributed by atoms with Crippen molar-refractivity contribution < 1.29 is 23.2 Å². The molecule has 2 N–H and O–H groups in total. The Kier molecular flexibility index (Phi) is 7.82. The van der Waals surface area contributed by atoms with E-state index in [-0.39, 0.29) is 54.6 Å². The molecule has 1 aliphatic heterocycles. The molecule has 13 heteroatoms. The highest BCUT2D eigenvalue weighted by atomic mass is 19.3. The third kappa shape index (κ3) is 6.20. The number of aldehydes is 1. The second-order valence-electron chi connectivity index (χ2n) is 9.54. The van der Waals surface area contributed by atoms with Gasteiger partial charge in [0.05, 0.1) is 17.8 Å². The molecule has 0 bridgehead atoms. The van der Waals surface area contributed by atoms with Crippen LogP contribution < -0.4 is 15.5 Å². The van der Waals surface area contributed by atoms with Crippen LogP contribution in [0.4, 0.5) is 30.9 Å². The number of carbonyl (C=O) groups is 3. The molecular weight excluding hydrogens is 498 g/mol. The van der Waals surface area contributed by atoms with Crippen LogP contribution in [0, 0.1) is 11.3 Å². The standard InChI is InChI=1S/C25H28F2N8O3/c1-33-7-8-35(23(37)14-33)13-16-3-4-22(31-20(16)15-36)34(2)24(38)32-21-9-19(17(11-28)12-29-21)30-18-5-6-25(26,27)10-18/h3-4,9,12,15,18H,5-8,10,13-14H2,1-2H3,(H2,29,30,32,38). The molecule has 2 fully saturated rings. The second-order valence-corrected chi connectivity index (χ2v) is 9.54. The Morgan fingerprint density at radius 2 is 2.16 bits per heavy atom. The van der Waals surface area contributed by atoms with Crippen LogP contribution in [0.3, 0.4) is 0 Å². The molecule has 1 unspecified atom stereocenters. The SMILES string of the molecule is CN1CCN(Cc2ccc(N(C)C(=O)Nc3cc(NC4CCC(F)(F)C4)c(C#N)cn3)nc2C=O)C(=O)C1. The van der Waals surface area contributed by atoms with Crippen molar-refractivity contribution in [1.82, 2.24) is 19.8 Å². The van der Waals surface area contributed by atoms with Crippen LogP contribution in [0.15, 0.2) is 24.4 Å². The number of likely N-dealkylation sites (N-methyl/N-ethyl adjacent to an activating group) is 1. The molecule has 2 aromatic rings. The topological polar surface area (TPSA) is 135 Å². The van der Waals surface area contributed by atoms with Crippen molar-refractivity contribution in [2.24, 2.45) is 0 Å². The van der Waals surface area contributed by atoms with Gasteiger partial charge < -0.3 is 10.2 Å². The quantitative estimate of drug-likeness (QED) is 0.526. The normalized spacial score (nSPS) is 19.1. The van der Waals surface area contributed by atoms with Crippen molar-refractivity contribution in [1.29, 1.82) is 5.26 Å². The first-order chi connectivity index (χ1) is 18.1. The molecule has 2 aromatic heterocycles. The summed E-state index contributed by atoms with van der Waals surface area (Å²) in [5.41, 5.74) is 1.15. The first-order valence-electron chi connectivity index (χ1n) is 12.1.